The molecule has 1 fully saturated rings. The van der Waals surface area contributed by atoms with E-state index in [1.807, 2.05) is 18.5 Å². The van der Waals surface area contributed by atoms with Crippen molar-refractivity contribution in [1.82, 2.24) is 9.88 Å². The first kappa shape index (κ1) is 12.1. The number of anilines is 1. The van der Waals surface area contributed by atoms with Gasteiger partial charge in [-0.1, -0.05) is 12.1 Å². The molecule has 97 valence electrons. The minimum Gasteiger partial charge on any atom is -0.381 e. The SMILES string of the molecule is O=[C]CN1CC[C@@H](Nc2ccc3cccnc3c2)C1. The van der Waals surface area contributed by atoms with Gasteiger partial charge < -0.3 is 5.32 Å². The highest BCUT2D eigenvalue weighted by Crippen LogP contribution is 2.20. The standard InChI is InChI=1S/C15H16N3O/c19-9-8-18-7-5-14(11-18)17-13-4-3-12-2-1-6-16-15(12)10-13/h1-4,6,10,14,17H,5,7-8,11H2/t14-/m1/s1. The van der Waals surface area contributed by atoms with Gasteiger partial charge in [0.15, 0.2) is 0 Å². The van der Waals surface area contributed by atoms with E-state index in [0.29, 0.717) is 12.6 Å². The van der Waals surface area contributed by atoms with Gasteiger partial charge in [-0.2, -0.15) is 0 Å². The van der Waals surface area contributed by atoms with E-state index < -0.39 is 0 Å². The molecular formula is C15H16N3O. The summed E-state index contributed by atoms with van der Waals surface area (Å²) >= 11 is 0. The zero-order valence-corrected chi connectivity index (χ0v) is 10.7. The first-order valence-corrected chi connectivity index (χ1v) is 6.54. The lowest BCUT2D eigenvalue weighted by Gasteiger charge is -2.15. The molecule has 1 atom stereocenters. The third-order valence-electron chi connectivity index (χ3n) is 3.54. The Morgan fingerprint density at radius 3 is 3.26 bits per heavy atom. The molecule has 1 radical (unpaired) electrons. The van der Waals surface area contributed by atoms with Crippen LogP contribution in [0.15, 0.2) is 36.5 Å². The normalized spacial score (nSPS) is 19.7. The number of carbonyl (C=O) groups excluding carboxylic acids is 1. The molecule has 1 N–H and O–H groups in total. The first-order chi connectivity index (χ1) is 9.35. The van der Waals surface area contributed by atoms with Crippen molar-refractivity contribution in [3.63, 3.8) is 0 Å². The van der Waals surface area contributed by atoms with Gasteiger partial charge in [0.2, 0.25) is 6.29 Å². The van der Waals surface area contributed by atoms with E-state index in [1.54, 1.807) is 0 Å². The van der Waals surface area contributed by atoms with Gasteiger partial charge in [0.1, 0.15) is 0 Å². The van der Waals surface area contributed by atoms with Crippen molar-refractivity contribution in [2.75, 3.05) is 25.0 Å². The molecule has 1 aliphatic heterocycles. The van der Waals surface area contributed by atoms with Crippen molar-refractivity contribution in [2.45, 2.75) is 12.5 Å². The van der Waals surface area contributed by atoms with E-state index in [9.17, 15) is 4.79 Å². The molecule has 4 nitrogen and oxygen atoms in total. The van der Waals surface area contributed by atoms with Crippen LogP contribution in [0.2, 0.25) is 0 Å². The average Bonchev–Trinajstić information content (AvgIpc) is 2.86. The zero-order valence-electron chi connectivity index (χ0n) is 10.7. The lowest BCUT2D eigenvalue weighted by molar-refractivity contribution is 0.375. The van der Waals surface area contributed by atoms with E-state index in [2.05, 4.69) is 39.5 Å². The minimum atomic E-state index is 0.398. The number of nitrogens with one attached hydrogen (secondary N) is 1. The topological polar surface area (TPSA) is 45.2 Å². The van der Waals surface area contributed by atoms with Gasteiger partial charge in [-0.3, -0.25) is 14.7 Å². The van der Waals surface area contributed by atoms with Crippen molar-refractivity contribution in [2.24, 2.45) is 0 Å². The van der Waals surface area contributed by atoms with Gasteiger partial charge in [-0.15, -0.1) is 0 Å². The third kappa shape index (κ3) is 2.74. The molecule has 0 bridgehead atoms. The Hall–Kier alpha value is -1.94. The quantitative estimate of drug-likeness (QED) is 0.904. The number of nitrogens with zero attached hydrogens (tertiary/aromatic N) is 2. The Labute approximate surface area is 112 Å². The van der Waals surface area contributed by atoms with Crippen LogP contribution in [-0.4, -0.2) is 41.8 Å². The summed E-state index contributed by atoms with van der Waals surface area (Å²) in [5.74, 6) is 0. The van der Waals surface area contributed by atoms with E-state index in [0.717, 1.165) is 36.1 Å². The Balaban J connectivity index is 1.70. The number of rotatable bonds is 4. The lowest BCUT2D eigenvalue weighted by atomic mass is 10.2. The Morgan fingerprint density at radius 1 is 1.42 bits per heavy atom. The molecule has 0 saturated carbocycles. The Morgan fingerprint density at radius 2 is 2.37 bits per heavy atom. The highest BCUT2D eigenvalue weighted by atomic mass is 16.1. The molecule has 1 aromatic carbocycles. The van der Waals surface area contributed by atoms with Crippen LogP contribution in [-0.2, 0) is 4.79 Å². The van der Waals surface area contributed by atoms with Crippen LogP contribution in [0, 0.1) is 0 Å². The van der Waals surface area contributed by atoms with Crippen LogP contribution >= 0.6 is 0 Å². The molecule has 2 heterocycles. The van der Waals surface area contributed by atoms with Crippen molar-refractivity contribution >= 4 is 22.9 Å². The molecule has 1 saturated heterocycles. The van der Waals surface area contributed by atoms with E-state index in [1.165, 1.54) is 0 Å². The zero-order chi connectivity index (χ0) is 13.1. The van der Waals surface area contributed by atoms with Gasteiger partial charge in [0, 0.05) is 36.4 Å². The molecule has 0 amide bonds. The van der Waals surface area contributed by atoms with Crippen molar-refractivity contribution in [3.8, 4) is 0 Å². The van der Waals surface area contributed by atoms with Crippen molar-refractivity contribution in [3.05, 3.63) is 36.5 Å². The van der Waals surface area contributed by atoms with Gasteiger partial charge >= 0.3 is 0 Å². The molecular weight excluding hydrogens is 238 g/mol. The molecule has 3 rings (SSSR count). The summed E-state index contributed by atoms with van der Waals surface area (Å²) < 4.78 is 0. The number of hydrogen-bond donors (Lipinski definition) is 1. The number of fused-ring (bicyclic) bond motifs is 1. The van der Waals surface area contributed by atoms with Crippen LogP contribution in [0.25, 0.3) is 10.9 Å². The second-order valence-corrected chi connectivity index (χ2v) is 4.92. The number of hydrogen-bond acceptors (Lipinski definition) is 4. The Bertz CT molecular complexity index is 584. The summed E-state index contributed by atoms with van der Waals surface area (Å²) in [7, 11) is 0. The fourth-order valence-electron chi connectivity index (χ4n) is 2.58. The minimum absolute atomic E-state index is 0.398. The Kier molecular flexibility index (Phi) is 3.42. The fraction of sp³-hybridized carbons (Fsp3) is 0.333. The summed E-state index contributed by atoms with van der Waals surface area (Å²) in [5, 5.41) is 4.66. The monoisotopic (exact) mass is 254 g/mol. The highest BCUT2D eigenvalue weighted by molar-refractivity contribution is 5.81. The predicted octanol–water partition coefficient (Wildman–Crippen LogP) is 1.83. The summed E-state index contributed by atoms with van der Waals surface area (Å²) in [6.45, 7) is 2.27. The molecule has 1 aromatic heterocycles. The number of benzene rings is 1. The molecule has 4 heteroatoms. The third-order valence-corrected chi connectivity index (χ3v) is 3.54. The highest BCUT2D eigenvalue weighted by Gasteiger charge is 2.21. The van der Waals surface area contributed by atoms with Gasteiger partial charge in [-0.25, -0.2) is 0 Å². The van der Waals surface area contributed by atoms with Gasteiger partial charge in [0.25, 0.3) is 0 Å². The van der Waals surface area contributed by atoms with Crippen LogP contribution < -0.4 is 5.32 Å². The summed E-state index contributed by atoms with van der Waals surface area (Å²) in [6.07, 6.45) is 4.82. The predicted molar refractivity (Wildman–Crippen MR) is 75.9 cm³/mol. The lowest BCUT2D eigenvalue weighted by Crippen LogP contribution is -2.27. The molecule has 2 aromatic rings. The maximum Gasteiger partial charge on any atom is 0.213 e. The molecule has 19 heavy (non-hydrogen) atoms. The maximum atomic E-state index is 10.4. The van der Waals surface area contributed by atoms with E-state index >= 15 is 0 Å². The first-order valence-electron chi connectivity index (χ1n) is 6.54. The van der Waals surface area contributed by atoms with Crippen LogP contribution in [0.5, 0.6) is 0 Å². The maximum absolute atomic E-state index is 10.4. The molecule has 0 unspecified atom stereocenters. The largest absolute Gasteiger partial charge is 0.381 e. The number of pyridine rings is 1. The van der Waals surface area contributed by atoms with Gasteiger partial charge in [0.05, 0.1) is 12.1 Å². The van der Waals surface area contributed by atoms with E-state index in [-0.39, 0.29) is 0 Å². The van der Waals surface area contributed by atoms with Gasteiger partial charge in [-0.05, 0) is 24.6 Å². The molecule has 1 aliphatic rings. The summed E-state index contributed by atoms with van der Waals surface area (Å²) in [4.78, 5) is 16.9. The molecule has 0 spiro atoms. The second kappa shape index (κ2) is 5.36. The second-order valence-electron chi connectivity index (χ2n) is 4.92. The fourth-order valence-corrected chi connectivity index (χ4v) is 2.58. The average molecular weight is 254 g/mol. The van der Waals surface area contributed by atoms with Crippen LogP contribution in [0.4, 0.5) is 5.69 Å². The number of likely N-dealkylation sites (tertiary alicyclic amines) is 1. The smallest absolute Gasteiger partial charge is 0.213 e. The number of aromatic nitrogens is 1. The summed E-state index contributed by atoms with van der Waals surface area (Å²) in [6, 6.07) is 10.6. The van der Waals surface area contributed by atoms with Crippen LogP contribution in [0.3, 0.4) is 0 Å². The van der Waals surface area contributed by atoms with E-state index in [4.69, 9.17) is 0 Å². The summed E-state index contributed by atoms with van der Waals surface area (Å²) in [5.41, 5.74) is 2.09. The van der Waals surface area contributed by atoms with Crippen molar-refractivity contribution < 1.29 is 4.79 Å². The van der Waals surface area contributed by atoms with Crippen molar-refractivity contribution in [1.29, 1.82) is 0 Å². The van der Waals surface area contributed by atoms with Crippen LogP contribution in [0.1, 0.15) is 6.42 Å². The molecule has 0 aliphatic carbocycles.